The fraction of sp³-hybridized carbons (Fsp3) is 0.458. The molecule has 5 N–H and O–H groups in total. The van der Waals surface area contributed by atoms with Gasteiger partial charge in [0.1, 0.15) is 22.8 Å². The molecule has 11 heteroatoms. The number of nitrogens with two attached hydrogens (primary N) is 1. The van der Waals surface area contributed by atoms with Gasteiger partial charge in [-0.2, -0.15) is 0 Å². The number of aliphatic hydroxyl groups excluding tert-OH is 2. The average Bonchev–Trinajstić information content (AvgIpc) is 2.75. The normalized spacial score (nSPS) is 28.0. The number of hydrogen-bond donors (Lipinski definition) is 4. The number of rotatable bonds is 4. The molecule has 1 amide bonds. The van der Waals surface area contributed by atoms with Gasteiger partial charge >= 0.3 is 0 Å². The molecule has 0 aliphatic heterocycles. The van der Waals surface area contributed by atoms with Crippen molar-refractivity contribution in [3.05, 3.63) is 50.3 Å². The topological polar surface area (TPSA) is 174 Å². The van der Waals surface area contributed by atoms with E-state index in [1.807, 2.05) is 4.90 Å². The number of Topliss-reactive ketones (excluding diaryl/α,β-unsaturated/α-hetero) is 2. The number of primary amides is 1. The number of hydrogen-bond acceptors (Lipinski definition) is 10. The summed E-state index contributed by atoms with van der Waals surface area (Å²) < 4.78 is 0. The molecule has 0 heterocycles. The number of allylic oxidation sites excluding steroid dienone is 1. The molecule has 0 saturated carbocycles. The second-order valence-electron chi connectivity index (χ2n) is 9.86. The Balaban J connectivity index is 2.04. The van der Waals surface area contributed by atoms with Crippen molar-refractivity contribution in [3.63, 3.8) is 0 Å². The summed E-state index contributed by atoms with van der Waals surface area (Å²) in [6.07, 6.45) is 0.261. The number of carbonyl (C=O) groups excluding carboxylic acids is 3. The van der Waals surface area contributed by atoms with Gasteiger partial charge in [0, 0.05) is 31.3 Å². The maximum absolute atomic E-state index is 13.7. The van der Waals surface area contributed by atoms with E-state index >= 15 is 0 Å². The van der Waals surface area contributed by atoms with Gasteiger partial charge in [-0.05, 0) is 62.1 Å². The standard InChI is InChI=1S/C24H28N4O7/c1-9-6-13(27(2)3)11-7-10-8-12-17(28(4)5)20(31)16(23(25)34)22(33)24(12,26-35)21(32)14(10)19(30)15(11)18(9)29/h6,10,12,17,29,31-32H,7-8H2,1-5H3,(H2,25,34)/t10-,12?,17-,24-/m0/s1. The van der Waals surface area contributed by atoms with Gasteiger partial charge in [-0.1, -0.05) is 0 Å². The molecule has 4 atom stereocenters. The van der Waals surface area contributed by atoms with Gasteiger partial charge in [0.05, 0.1) is 11.6 Å². The molecule has 1 aromatic rings. The van der Waals surface area contributed by atoms with Crippen molar-refractivity contribution in [2.24, 2.45) is 22.7 Å². The molecule has 11 nitrogen and oxygen atoms in total. The van der Waals surface area contributed by atoms with Crippen molar-refractivity contribution in [1.29, 1.82) is 0 Å². The zero-order valence-electron chi connectivity index (χ0n) is 20.1. The Morgan fingerprint density at radius 3 is 2.31 bits per heavy atom. The number of anilines is 1. The predicted octanol–water partition coefficient (Wildman–Crippen LogP) is 1.27. The summed E-state index contributed by atoms with van der Waals surface area (Å²) in [6.45, 7) is 1.64. The first-order chi connectivity index (χ1) is 16.3. The second kappa shape index (κ2) is 7.91. The number of carbonyl (C=O) groups is 3. The molecule has 0 fully saturated rings. The average molecular weight is 485 g/mol. The zero-order chi connectivity index (χ0) is 26.1. The Bertz CT molecular complexity index is 1260. The van der Waals surface area contributed by atoms with Crippen molar-refractivity contribution in [2.75, 3.05) is 33.1 Å². The number of likely N-dealkylation sites (N-methyl/N-ethyl adjacent to an activating group) is 1. The van der Waals surface area contributed by atoms with Gasteiger partial charge in [-0.3, -0.25) is 19.3 Å². The number of phenolic OH excluding ortho intramolecular Hbond substituents is 1. The highest BCUT2D eigenvalue weighted by atomic mass is 16.3. The molecular formula is C24H28N4O7. The molecule has 3 aliphatic carbocycles. The second-order valence-corrected chi connectivity index (χ2v) is 9.86. The highest BCUT2D eigenvalue weighted by Gasteiger charge is 2.65. The Morgan fingerprint density at radius 1 is 1.17 bits per heavy atom. The quantitative estimate of drug-likeness (QED) is 0.362. The molecule has 35 heavy (non-hydrogen) atoms. The van der Waals surface area contributed by atoms with E-state index in [9.17, 15) is 34.6 Å². The summed E-state index contributed by atoms with van der Waals surface area (Å²) in [4.78, 5) is 55.0. The third-order valence-electron chi connectivity index (χ3n) is 7.52. The van der Waals surface area contributed by atoms with E-state index in [1.54, 1.807) is 41.2 Å². The summed E-state index contributed by atoms with van der Waals surface area (Å²) in [5.74, 6) is -6.65. The lowest BCUT2D eigenvalue weighted by atomic mass is 9.57. The van der Waals surface area contributed by atoms with E-state index in [4.69, 9.17) is 5.73 Å². The molecule has 0 saturated heterocycles. The van der Waals surface area contributed by atoms with Gasteiger partial charge < -0.3 is 26.0 Å². The Labute approximate surface area is 201 Å². The van der Waals surface area contributed by atoms with E-state index < -0.39 is 58.0 Å². The number of amides is 1. The van der Waals surface area contributed by atoms with Gasteiger partial charge in [-0.25, -0.2) is 0 Å². The lowest BCUT2D eigenvalue weighted by Gasteiger charge is -2.49. The van der Waals surface area contributed by atoms with Crippen molar-refractivity contribution in [1.82, 2.24) is 4.90 Å². The van der Waals surface area contributed by atoms with Crippen molar-refractivity contribution in [2.45, 2.75) is 31.3 Å². The van der Waals surface area contributed by atoms with Crippen molar-refractivity contribution in [3.8, 4) is 5.75 Å². The SMILES string of the molecule is Cc1cc(N(C)C)c2c(c1O)C(=O)C1=C(O)[C@]3(N=O)C(=O)C(C(N)=O)=C(O)[C@@H](N(C)C)C3C[C@@H]1C2. The van der Waals surface area contributed by atoms with Crippen LogP contribution in [0.3, 0.4) is 0 Å². The van der Waals surface area contributed by atoms with Crippen LogP contribution in [0.2, 0.25) is 0 Å². The minimum atomic E-state index is -2.52. The molecule has 186 valence electrons. The number of ketones is 2. The molecule has 0 radical (unpaired) electrons. The largest absolute Gasteiger partial charge is 0.510 e. The van der Waals surface area contributed by atoms with Crippen LogP contribution < -0.4 is 10.6 Å². The maximum atomic E-state index is 13.7. The molecule has 3 aliphatic rings. The minimum Gasteiger partial charge on any atom is -0.510 e. The van der Waals surface area contributed by atoms with Crippen LogP contribution >= 0.6 is 0 Å². The van der Waals surface area contributed by atoms with Crippen molar-refractivity contribution >= 4 is 23.2 Å². The van der Waals surface area contributed by atoms with Crippen LogP contribution in [0.5, 0.6) is 5.75 Å². The smallest absolute Gasteiger partial charge is 0.255 e. The van der Waals surface area contributed by atoms with Crippen LogP contribution in [-0.4, -0.2) is 77.5 Å². The third-order valence-corrected chi connectivity index (χ3v) is 7.52. The Hall–Kier alpha value is -3.73. The fourth-order valence-electron chi connectivity index (χ4n) is 5.98. The molecule has 0 spiro atoms. The molecule has 1 aromatic carbocycles. The lowest BCUT2D eigenvalue weighted by molar-refractivity contribution is -0.129. The number of aryl methyl sites for hydroxylation is 1. The minimum absolute atomic E-state index is 0.00747. The van der Waals surface area contributed by atoms with Gasteiger partial charge in [0.25, 0.3) is 5.91 Å². The van der Waals surface area contributed by atoms with Crippen LogP contribution in [0.25, 0.3) is 0 Å². The highest BCUT2D eigenvalue weighted by Crippen LogP contribution is 2.54. The summed E-state index contributed by atoms with van der Waals surface area (Å²) >= 11 is 0. The molecule has 0 aromatic heterocycles. The summed E-state index contributed by atoms with van der Waals surface area (Å²) in [6, 6.07) is 0.712. The molecular weight excluding hydrogens is 456 g/mol. The van der Waals surface area contributed by atoms with Crippen LogP contribution in [0.4, 0.5) is 5.69 Å². The number of phenols is 1. The number of fused-ring (bicyclic) bond motifs is 3. The van der Waals surface area contributed by atoms with E-state index in [1.165, 1.54) is 4.90 Å². The van der Waals surface area contributed by atoms with Gasteiger partial charge in [0.15, 0.2) is 5.78 Å². The third kappa shape index (κ3) is 3.04. The number of aromatic hydroxyl groups is 1. The molecule has 1 unspecified atom stereocenters. The number of benzene rings is 1. The lowest BCUT2D eigenvalue weighted by Crippen LogP contribution is -2.62. The molecule has 0 bridgehead atoms. The highest BCUT2D eigenvalue weighted by molar-refractivity contribution is 6.25. The van der Waals surface area contributed by atoms with E-state index in [0.29, 0.717) is 11.1 Å². The molecule has 4 rings (SSSR count). The first-order valence-corrected chi connectivity index (χ1v) is 11.1. The number of nitroso groups, excluding NO2 is 1. The monoisotopic (exact) mass is 484 g/mol. The fourth-order valence-corrected chi connectivity index (χ4v) is 5.98. The number of aliphatic hydroxyl groups is 2. The Kier molecular flexibility index (Phi) is 5.51. The first-order valence-electron chi connectivity index (χ1n) is 11.1. The van der Waals surface area contributed by atoms with Crippen LogP contribution in [0.15, 0.2) is 33.9 Å². The van der Waals surface area contributed by atoms with Crippen LogP contribution in [-0.2, 0) is 16.0 Å². The van der Waals surface area contributed by atoms with Gasteiger partial charge in [0.2, 0.25) is 11.3 Å². The van der Waals surface area contributed by atoms with Crippen LogP contribution in [0.1, 0.15) is 27.9 Å². The summed E-state index contributed by atoms with van der Waals surface area (Å²) in [7, 11) is 6.76. The zero-order valence-corrected chi connectivity index (χ0v) is 20.1. The van der Waals surface area contributed by atoms with Crippen molar-refractivity contribution < 1.29 is 29.7 Å². The van der Waals surface area contributed by atoms with E-state index in [2.05, 4.69) is 5.18 Å². The summed E-state index contributed by atoms with van der Waals surface area (Å²) in [5.41, 5.74) is 3.54. The summed E-state index contributed by atoms with van der Waals surface area (Å²) in [5, 5.41) is 36.0. The maximum Gasteiger partial charge on any atom is 0.255 e. The predicted molar refractivity (Wildman–Crippen MR) is 126 cm³/mol. The Morgan fingerprint density at radius 2 is 1.80 bits per heavy atom. The first kappa shape index (κ1) is 24.4. The van der Waals surface area contributed by atoms with Gasteiger partial charge in [-0.15, -0.1) is 4.91 Å². The van der Waals surface area contributed by atoms with E-state index in [-0.39, 0.29) is 29.7 Å². The number of nitrogens with zero attached hydrogens (tertiary/aromatic N) is 3. The van der Waals surface area contributed by atoms with E-state index in [0.717, 1.165) is 5.69 Å². The van der Waals surface area contributed by atoms with Crippen LogP contribution in [0, 0.1) is 23.7 Å².